The summed E-state index contributed by atoms with van der Waals surface area (Å²) in [6, 6.07) is 11.9. The number of likely N-dealkylation sites (tertiary alicyclic amines) is 1. The van der Waals surface area contributed by atoms with Crippen LogP contribution in [0, 0.1) is 17.0 Å². The van der Waals surface area contributed by atoms with Crippen molar-refractivity contribution in [2.24, 2.45) is 0 Å². The second-order valence-corrected chi connectivity index (χ2v) is 7.87. The number of rotatable bonds is 7. The van der Waals surface area contributed by atoms with E-state index in [1.807, 2.05) is 25.9 Å². The van der Waals surface area contributed by atoms with Gasteiger partial charge in [0, 0.05) is 24.2 Å². The van der Waals surface area contributed by atoms with E-state index in [4.69, 9.17) is 0 Å². The quantitative estimate of drug-likeness (QED) is 0.241. The first-order valence-corrected chi connectivity index (χ1v) is 9.95. The minimum Gasteiger partial charge on any atom is -0.507 e. The number of hydrogen-bond acceptors (Lipinski definition) is 6. The Labute approximate surface area is 180 Å². The molecule has 1 aliphatic heterocycles. The van der Waals surface area contributed by atoms with E-state index in [0.29, 0.717) is 24.1 Å². The van der Waals surface area contributed by atoms with E-state index in [0.717, 1.165) is 5.56 Å². The van der Waals surface area contributed by atoms with E-state index in [-0.39, 0.29) is 23.6 Å². The lowest BCUT2D eigenvalue weighted by Crippen LogP contribution is -2.32. The highest BCUT2D eigenvalue weighted by atomic mass is 16.6. The molecule has 0 aromatic heterocycles. The highest BCUT2D eigenvalue weighted by Crippen LogP contribution is 2.40. The number of nitro benzene ring substituents is 1. The van der Waals surface area contributed by atoms with Gasteiger partial charge in [0.1, 0.15) is 5.76 Å². The molecule has 0 spiro atoms. The van der Waals surface area contributed by atoms with Gasteiger partial charge in [0.15, 0.2) is 0 Å². The van der Waals surface area contributed by atoms with Gasteiger partial charge in [-0.15, -0.1) is 0 Å². The van der Waals surface area contributed by atoms with Crippen molar-refractivity contribution in [3.05, 3.63) is 80.9 Å². The number of non-ortho nitro benzene ring substituents is 1. The number of aryl methyl sites for hydroxylation is 1. The molecular weight excluding hydrogens is 398 g/mol. The molecule has 8 nitrogen and oxygen atoms in total. The SMILES string of the molecule is Cc1ccc(C(O)=C2C(=O)C(=O)N(CCCN(C)C)[C@H]2c2cccc([N+](=O)[O-])c2)cc1. The van der Waals surface area contributed by atoms with Crippen molar-refractivity contribution < 1.29 is 19.6 Å². The third-order valence-corrected chi connectivity index (χ3v) is 5.27. The lowest BCUT2D eigenvalue weighted by Gasteiger charge is -2.25. The number of amides is 1. The summed E-state index contributed by atoms with van der Waals surface area (Å²) in [5.74, 6) is -1.80. The first kappa shape index (κ1) is 22.2. The van der Waals surface area contributed by atoms with Crippen LogP contribution in [0.5, 0.6) is 0 Å². The van der Waals surface area contributed by atoms with Crippen LogP contribution >= 0.6 is 0 Å². The number of hydrogen-bond donors (Lipinski definition) is 1. The fourth-order valence-electron chi connectivity index (χ4n) is 3.69. The largest absolute Gasteiger partial charge is 0.507 e. The first-order chi connectivity index (χ1) is 14.7. The van der Waals surface area contributed by atoms with Crippen molar-refractivity contribution in [3.8, 4) is 0 Å². The zero-order valence-electron chi connectivity index (χ0n) is 17.7. The lowest BCUT2D eigenvalue weighted by molar-refractivity contribution is -0.384. The zero-order chi connectivity index (χ0) is 22.7. The molecule has 0 unspecified atom stereocenters. The third-order valence-electron chi connectivity index (χ3n) is 5.27. The monoisotopic (exact) mass is 423 g/mol. The number of carbonyl (C=O) groups is 2. The van der Waals surface area contributed by atoms with Crippen molar-refractivity contribution in [1.29, 1.82) is 0 Å². The summed E-state index contributed by atoms with van der Waals surface area (Å²) in [5, 5.41) is 22.3. The minimum atomic E-state index is -0.900. The molecule has 1 atom stereocenters. The number of nitro groups is 1. The smallest absolute Gasteiger partial charge is 0.295 e. The van der Waals surface area contributed by atoms with E-state index in [1.165, 1.54) is 23.1 Å². The summed E-state index contributed by atoms with van der Waals surface area (Å²) in [4.78, 5) is 39.9. The van der Waals surface area contributed by atoms with Crippen LogP contribution in [0.4, 0.5) is 5.69 Å². The van der Waals surface area contributed by atoms with Crippen molar-refractivity contribution in [3.63, 3.8) is 0 Å². The molecule has 1 aliphatic rings. The second-order valence-electron chi connectivity index (χ2n) is 7.87. The fourth-order valence-corrected chi connectivity index (χ4v) is 3.69. The Kier molecular flexibility index (Phi) is 6.50. The second kappa shape index (κ2) is 9.09. The van der Waals surface area contributed by atoms with Crippen LogP contribution in [0.25, 0.3) is 5.76 Å². The Hall–Kier alpha value is -3.52. The highest BCUT2D eigenvalue weighted by Gasteiger charge is 2.46. The van der Waals surface area contributed by atoms with Gasteiger partial charge < -0.3 is 14.9 Å². The lowest BCUT2D eigenvalue weighted by atomic mass is 9.94. The van der Waals surface area contributed by atoms with Crippen LogP contribution < -0.4 is 0 Å². The van der Waals surface area contributed by atoms with Gasteiger partial charge in [-0.2, -0.15) is 0 Å². The van der Waals surface area contributed by atoms with Gasteiger partial charge in [0.25, 0.3) is 17.4 Å². The first-order valence-electron chi connectivity index (χ1n) is 9.95. The Morgan fingerprint density at radius 3 is 2.45 bits per heavy atom. The Morgan fingerprint density at radius 2 is 1.84 bits per heavy atom. The van der Waals surface area contributed by atoms with Crippen LogP contribution in [0.15, 0.2) is 54.1 Å². The third kappa shape index (κ3) is 4.64. The summed E-state index contributed by atoms with van der Waals surface area (Å²) in [7, 11) is 3.81. The van der Waals surface area contributed by atoms with Crippen LogP contribution in [0.3, 0.4) is 0 Å². The van der Waals surface area contributed by atoms with Gasteiger partial charge in [0.05, 0.1) is 16.5 Å². The van der Waals surface area contributed by atoms with E-state index >= 15 is 0 Å². The van der Waals surface area contributed by atoms with Gasteiger partial charge in [-0.1, -0.05) is 42.0 Å². The van der Waals surface area contributed by atoms with E-state index in [1.54, 1.807) is 30.3 Å². The molecule has 0 saturated carbocycles. The molecule has 1 saturated heterocycles. The standard InChI is InChI=1S/C23H25N3O5/c1-15-8-10-16(11-9-15)21(27)19-20(17-6-4-7-18(14-17)26(30)31)25(23(29)22(19)28)13-5-12-24(2)3/h4,6-11,14,20,27H,5,12-13H2,1-3H3/t20-/m0/s1. The van der Waals surface area contributed by atoms with Crippen LogP contribution in [-0.2, 0) is 9.59 Å². The maximum Gasteiger partial charge on any atom is 0.295 e. The molecule has 2 aromatic carbocycles. The molecule has 3 rings (SSSR count). The van der Waals surface area contributed by atoms with Crippen LogP contribution in [0.2, 0.25) is 0 Å². The van der Waals surface area contributed by atoms with Crippen molar-refractivity contribution >= 4 is 23.1 Å². The molecule has 1 fully saturated rings. The van der Waals surface area contributed by atoms with E-state index in [2.05, 4.69) is 0 Å². The average molecular weight is 423 g/mol. The van der Waals surface area contributed by atoms with Gasteiger partial charge in [-0.25, -0.2) is 0 Å². The van der Waals surface area contributed by atoms with Crippen molar-refractivity contribution in [1.82, 2.24) is 9.80 Å². The summed E-state index contributed by atoms with van der Waals surface area (Å²) in [5.41, 5.74) is 1.60. The number of benzene rings is 2. The fraction of sp³-hybridized carbons (Fsp3) is 0.304. The molecular formula is C23H25N3O5. The summed E-state index contributed by atoms with van der Waals surface area (Å²) in [6.45, 7) is 2.88. The molecule has 8 heteroatoms. The number of Topliss-reactive ketones (excluding diaryl/α,β-unsaturated/α-hetero) is 1. The van der Waals surface area contributed by atoms with Gasteiger partial charge in [0.2, 0.25) is 0 Å². The number of nitrogens with zero attached hydrogens (tertiary/aromatic N) is 3. The predicted molar refractivity (Wildman–Crippen MR) is 116 cm³/mol. The highest BCUT2D eigenvalue weighted by molar-refractivity contribution is 6.46. The normalized spacial score (nSPS) is 18.1. The molecule has 0 aliphatic carbocycles. The van der Waals surface area contributed by atoms with Crippen LogP contribution in [0.1, 0.15) is 29.2 Å². The molecule has 1 amide bonds. The number of carbonyl (C=O) groups excluding carboxylic acids is 2. The Balaban J connectivity index is 2.13. The molecule has 0 bridgehead atoms. The molecule has 162 valence electrons. The van der Waals surface area contributed by atoms with Crippen molar-refractivity contribution in [2.45, 2.75) is 19.4 Å². The summed E-state index contributed by atoms with van der Waals surface area (Å²) < 4.78 is 0. The van der Waals surface area contributed by atoms with Gasteiger partial charge in [-0.05, 0) is 39.5 Å². The molecule has 31 heavy (non-hydrogen) atoms. The Morgan fingerprint density at radius 1 is 1.16 bits per heavy atom. The maximum atomic E-state index is 12.9. The maximum absolute atomic E-state index is 12.9. The Bertz CT molecular complexity index is 1040. The van der Waals surface area contributed by atoms with Crippen molar-refractivity contribution in [2.75, 3.05) is 27.2 Å². The topological polar surface area (TPSA) is 104 Å². The van der Waals surface area contributed by atoms with Gasteiger partial charge >= 0.3 is 0 Å². The number of aliphatic hydroxyl groups is 1. The van der Waals surface area contributed by atoms with Gasteiger partial charge in [-0.3, -0.25) is 19.7 Å². The van der Waals surface area contributed by atoms with E-state index in [9.17, 15) is 24.8 Å². The zero-order valence-corrected chi connectivity index (χ0v) is 17.7. The number of ketones is 1. The predicted octanol–water partition coefficient (Wildman–Crippen LogP) is 3.28. The van der Waals surface area contributed by atoms with E-state index < -0.39 is 22.7 Å². The minimum absolute atomic E-state index is 0.0563. The summed E-state index contributed by atoms with van der Waals surface area (Å²) in [6.07, 6.45) is 0.607. The molecule has 1 heterocycles. The average Bonchev–Trinajstić information content (AvgIpc) is 2.98. The molecule has 0 radical (unpaired) electrons. The molecule has 1 N–H and O–H groups in total. The molecule has 2 aromatic rings. The number of aliphatic hydroxyl groups excluding tert-OH is 1. The van der Waals surface area contributed by atoms with Crippen LogP contribution in [-0.4, -0.2) is 58.7 Å². The summed E-state index contributed by atoms with van der Waals surface area (Å²) >= 11 is 0.